The Labute approximate surface area is 188 Å². The van der Waals surface area contributed by atoms with E-state index in [2.05, 4.69) is 19.7 Å². The third kappa shape index (κ3) is 3.97. The molecule has 5 aromatic rings. The van der Waals surface area contributed by atoms with Crippen LogP contribution in [0.2, 0.25) is 5.02 Å². The Kier molecular flexibility index (Phi) is 5.28. The lowest BCUT2D eigenvalue weighted by atomic mass is 10.1. The number of nitrogens with zero attached hydrogens (tertiary/aromatic N) is 5. The van der Waals surface area contributed by atoms with Gasteiger partial charge in [-0.1, -0.05) is 41.6 Å². The molecule has 0 N–H and O–H groups in total. The van der Waals surface area contributed by atoms with Crippen LogP contribution in [0.3, 0.4) is 0 Å². The van der Waals surface area contributed by atoms with Crippen molar-refractivity contribution in [2.45, 2.75) is 9.92 Å². The lowest BCUT2D eigenvalue weighted by Gasteiger charge is -2.08. The molecule has 0 aliphatic heterocycles. The quantitative estimate of drug-likeness (QED) is 0.330. The minimum Gasteiger partial charge on any atom is -0.423 e. The van der Waals surface area contributed by atoms with E-state index >= 15 is 0 Å². The first-order valence-electron chi connectivity index (χ1n) is 9.47. The van der Waals surface area contributed by atoms with Crippen molar-refractivity contribution in [1.29, 1.82) is 0 Å². The molecule has 5 rings (SSSR count). The van der Waals surface area contributed by atoms with Crippen LogP contribution in [0.25, 0.3) is 34.2 Å². The van der Waals surface area contributed by atoms with Crippen LogP contribution in [-0.2, 0) is 7.05 Å². The Balaban J connectivity index is 1.60. The van der Waals surface area contributed by atoms with E-state index in [0.29, 0.717) is 10.9 Å². The van der Waals surface area contributed by atoms with Gasteiger partial charge in [0.05, 0.1) is 0 Å². The van der Waals surface area contributed by atoms with Crippen LogP contribution in [0, 0.1) is 0 Å². The van der Waals surface area contributed by atoms with E-state index in [1.165, 1.54) is 6.39 Å². The summed E-state index contributed by atoms with van der Waals surface area (Å²) in [7, 11) is 2.01. The molecule has 152 valence electrons. The van der Waals surface area contributed by atoms with Crippen molar-refractivity contribution in [3.8, 4) is 34.2 Å². The minimum atomic E-state index is 0.484. The van der Waals surface area contributed by atoms with Crippen molar-refractivity contribution in [3.63, 3.8) is 0 Å². The summed E-state index contributed by atoms with van der Waals surface area (Å²) in [5, 5.41) is 9.43. The summed E-state index contributed by atoms with van der Waals surface area (Å²) in [6.07, 6.45) is 3.09. The molecule has 3 heterocycles. The van der Waals surface area contributed by atoms with E-state index in [1.807, 2.05) is 73.8 Å². The maximum Gasteiger partial charge on any atom is 0.247 e. The molecule has 3 aromatic heterocycles. The zero-order valence-electron chi connectivity index (χ0n) is 16.4. The van der Waals surface area contributed by atoms with Gasteiger partial charge in [0.15, 0.2) is 5.82 Å². The van der Waals surface area contributed by atoms with Gasteiger partial charge in [0, 0.05) is 34.3 Å². The van der Waals surface area contributed by atoms with Gasteiger partial charge in [-0.2, -0.15) is 0 Å². The summed E-state index contributed by atoms with van der Waals surface area (Å²) in [4.78, 5) is 10.5. The monoisotopic (exact) mass is 445 g/mol. The van der Waals surface area contributed by atoms with E-state index < -0.39 is 0 Å². The summed E-state index contributed by atoms with van der Waals surface area (Å²) >= 11 is 7.70. The zero-order valence-corrected chi connectivity index (χ0v) is 18.0. The molecule has 0 atom stereocenters. The number of rotatable bonds is 5. The van der Waals surface area contributed by atoms with Crippen LogP contribution in [0.15, 0.2) is 93.7 Å². The second-order valence-electron chi connectivity index (χ2n) is 6.74. The molecule has 0 radical (unpaired) electrons. The van der Waals surface area contributed by atoms with Crippen LogP contribution >= 0.6 is 23.4 Å². The molecule has 0 aliphatic carbocycles. The van der Waals surface area contributed by atoms with Gasteiger partial charge in [-0.25, -0.2) is 4.98 Å². The first-order valence-corrected chi connectivity index (χ1v) is 10.7. The van der Waals surface area contributed by atoms with Gasteiger partial charge in [0.1, 0.15) is 16.4 Å². The van der Waals surface area contributed by atoms with Gasteiger partial charge in [-0.05, 0) is 48.5 Å². The summed E-state index contributed by atoms with van der Waals surface area (Å²) in [5.74, 6) is 1.28. The van der Waals surface area contributed by atoms with Crippen LogP contribution in [0.1, 0.15) is 0 Å². The topological polar surface area (TPSA) is 69.6 Å². The Morgan fingerprint density at radius 2 is 1.71 bits per heavy atom. The van der Waals surface area contributed by atoms with Crippen molar-refractivity contribution in [1.82, 2.24) is 24.7 Å². The molecular weight excluding hydrogens is 430 g/mol. The molecule has 0 aliphatic rings. The van der Waals surface area contributed by atoms with Crippen LogP contribution < -0.4 is 0 Å². The Morgan fingerprint density at radius 3 is 2.39 bits per heavy atom. The average Bonchev–Trinajstić information content (AvgIpc) is 3.45. The number of hydrogen-bond donors (Lipinski definition) is 0. The fourth-order valence-corrected chi connectivity index (χ4v) is 4.30. The molecule has 0 unspecified atom stereocenters. The Hall–Kier alpha value is -3.42. The number of halogens is 1. The van der Waals surface area contributed by atoms with Gasteiger partial charge < -0.3 is 8.98 Å². The second kappa shape index (κ2) is 8.37. The van der Waals surface area contributed by atoms with Gasteiger partial charge in [-0.15, -0.1) is 10.2 Å². The molecule has 0 bridgehead atoms. The smallest absolute Gasteiger partial charge is 0.247 e. The number of hydrogen-bond acceptors (Lipinski definition) is 6. The average molecular weight is 446 g/mol. The molecule has 0 spiro atoms. The molecule has 0 fully saturated rings. The van der Waals surface area contributed by atoms with E-state index in [4.69, 9.17) is 21.0 Å². The highest BCUT2D eigenvalue weighted by Gasteiger charge is 2.19. The highest BCUT2D eigenvalue weighted by atomic mass is 35.5. The lowest BCUT2D eigenvalue weighted by molar-refractivity contribution is 0.568. The Bertz CT molecular complexity index is 1300. The number of aromatic nitrogens is 5. The van der Waals surface area contributed by atoms with Crippen molar-refractivity contribution in [3.05, 3.63) is 84.3 Å². The standard InChI is InChI=1S/C23H16ClN5OS/c1-29-21(19-4-2-3-13-25-19)27-20(23(29)31-18-11-9-17(24)10-12-18)15-5-7-16(8-6-15)22-28-26-14-30-22/h2-14H,1H3. The predicted octanol–water partition coefficient (Wildman–Crippen LogP) is 6.00. The first-order chi connectivity index (χ1) is 15.2. The van der Waals surface area contributed by atoms with Gasteiger partial charge in [-0.3, -0.25) is 4.98 Å². The summed E-state index contributed by atoms with van der Waals surface area (Å²) in [5.41, 5.74) is 3.53. The van der Waals surface area contributed by atoms with E-state index in [1.54, 1.807) is 18.0 Å². The van der Waals surface area contributed by atoms with E-state index in [0.717, 1.165) is 38.3 Å². The van der Waals surface area contributed by atoms with Gasteiger partial charge in [0.2, 0.25) is 12.3 Å². The third-order valence-corrected chi connectivity index (χ3v) is 6.15. The van der Waals surface area contributed by atoms with Crippen molar-refractivity contribution in [2.75, 3.05) is 0 Å². The van der Waals surface area contributed by atoms with Crippen LogP contribution in [-0.4, -0.2) is 24.7 Å². The molecule has 0 saturated heterocycles. The molecule has 8 heteroatoms. The van der Waals surface area contributed by atoms with Gasteiger partial charge in [0.25, 0.3) is 0 Å². The number of benzene rings is 2. The van der Waals surface area contributed by atoms with Crippen molar-refractivity contribution in [2.24, 2.45) is 7.05 Å². The second-order valence-corrected chi connectivity index (χ2v) is 8.24. The van der Waals surface area contributed by atoms with E-state index in [9.17, 15) is 0 Å². The summed E-state index contributed by atoms with van der Waals surface area (Å²) in [6.45, 7) is 0. The molecule has 0 saturated carbocycles. The maximum atomic E-state index is 6.06. The summed E-state index contributed by atoms with van der Waals surface area (Å²) in [6, 6.07) is 21.5. The lowest BCUT2D eigenvalue weighted by Crippen LogP contribution is -1.95. The first kappa shape index (κ1) is 19.5. The molecular formula is C23H16ClN5OS. The fourth-order valence-electron chi connectivity index (χ4n) is 3.20. The van der Waals surface area contributed by atoms with Crippen molar-refractivity contribution < 1.29 is 4.42 Å². The largest absolute Gasteiger partial charge is 0.423 e. The van der Waals surface area contributed by atoms with Gasteiger partial charge >= 0.3 is 0 Å². The number of imidazole rings is 1. The molecule has 0 amide bonds. The number of pyridine rings is 1. The SMILES string of the molecule is Cn1c(-c2ccccn2)nc(-c2ccc(-c3nnco3)cc2)c1Sc1ccc(Cl)cc1. The minimum absolute atomic E-state index is 0.484. The highest BCUT2D eigenvalue weighted by molar-refractivity contribution is 7.99. The maximum absolute atomic E-state index is 6.06. The summed E-state index contributed by atoms with van der Waals surface area (Å²) < 4.78 is 7.37. The third-order valence-electron chi connectivity index (χ3n) is 4.73. The molecule has 31 heavy (non-hydrogen) atoms. The Morgan fingerprint density at radius 1 is 0.935 bits per heavy atom. The molecule has 6 nitrogen and oxygen atoms in total. The zero-order chi connectivity index (χ0) is 21.2. The van der Waals surface area contributed by atoms with Crippen LogP contribution in [0.5, 0.6) is 0 Å². The highest BCUT2D eigenvalue weighted by Crippen LogP contribution is 2.38. The normalized spacial score (nSPS) is 11.0. The fraction of sp³-hybridized carbons (Fsp3) is 0.0435. The van der Waals surface area contributed by atoms with Crippen LogP contribution in [0.4, 0.5) is 0 Å². The van der Waals surface area contributed by atoms with Crippen molar-refractivity contribution >= 4 is 23.4 Å². The molecule has 2 aromatic carbocycles. The predicted molar refractivity (Wildman–Crippen MR) is 121 cm³/mol. The van der Waals surface area contributed by atoms with E-state index in [-0.39, 0.29) is 0 Å².